The molecule has 1 saturated carbocycles. The number of amides is 1. The van der Waals surface area contributed by atoms with Gasteiger partial charge in [0.25, 0.3) is 0 Å². The second-order valence-corrected chi connectivity index (χ2v) is 5.63. The fraction of sp³-hybridized carbons (Fsp3) is 0.462. The van der Waals surface area contributed by atoms with Gasteiger partial charge in [-0.3, -0.25) is 4.79 Å². The molecule has 0 aliphatic heterocycles. The second kappa shape index (κ2) is 6.68. The fourth-order valence-corrected chi connectivity index (χ4v) is 2.79. The van der Waals surface area contributed by atoms with E-state index < -0.39 is 5.41 Å². The average molecular weight is 352 g/mol. The largest absolute Gasteiger partial charge is 0.329 e. The SMILES string of the molecule is Cl.NCC1(C(=O)Nc2ccc(F)c(Br)c2)CCCC1. The molecule has 1 aliphatic carbocycles. The number of halogens is 3. The minimum Gasteiger partial charge on any atom is -0.329 e. The third-order valence-corrected chi connectivity index (χ3v) is 4.22. The molecule has 0 radical (unpaired) electrons. The number of carbonyl (C=O) groups is 1. The van der Waals surface area contributed by atoms with Gasteiger partial charge in [0, 0.05) is 12.2 Å². The lowest BCUT2D eigenvalue weighted by atomic mass is 9.85. The zero-order valence-corrected chi connectivity index (χ0v) is 12.8. The van der Waals surface area contributed by atoms with Gasteiger partial charge in [-0.2, -0.15) is 0 Å². The van der Waals surface area contributed by atoms with Gasteiger partial charge in [-0.15, -0.1) is 12.4 Å². The molecule has 1 aromatic carbocycles. The Balaban J connectivity index is 0.00000180. The van der Waals surface area contributed by atoms with Crippen LogP contribution in [0.3, 0.4) is 0 Å². The van der Waals surface area contributed by atoms with Crippen molar-refractivity contribution in [2.75, 3.05) is 11.9 Å². The molecular weight excluding hydrogens is 335 g/mol. The molecule has 19 heavy (non-hydrogen) atoms. The monoisotopic (exact) mass is 350 g/mol. The molecule has 0 saturated heterocycles. The number of hydrogen-bond donors (Lipinski definition) is 2. The summed E-state index contributed by atoms with van der Waals surface area (Å²) in [4.78, 5) is 12.3. The Labute approximate surface area is 126 Å². The Morgan fingerprint density at radius 1 is 1.42 bits per heavy atom. The topological polar surface area (TPSA) is 55.1 Å². The van der Waals surface area contributed by atoms with Crippen LogP contribution in [0.25, 0.3) is 0 Å². The molecule has 0 bridgehead atoms. The molecule has 3 N–H and O–H groups in total. The van der Waals surface area contributed by atoms with Gasteiger partial charge in [-0.05, 0) is 47.0 Å². The van der Waals surface area contributed by atoms with Crippen molar-refractivity contribution in [2.24, 2.45) is 11.1 Å². The highest BCUT2D eigenvalue weighted by atomic mass is 79.9. The number of anilines is 1. The van der Waals surface area contributed by atoms with E-state index in [4.69, 9.17) is 5.73 Å². The number of nitrogens with one attached hydrogen (secondary N) is 1. The van der Waals surface area contributed by atoms with Crippen LogP contribution in [0.2, 0.25) is 0 Å². The first-order valence-corrected chi connectivity index (χ1v) is 6.83. The van der Waals surface area contributed by atoms with E-state index in [0.29, 0.717) is 16.7 Å². The van der Waals surface area contributed by atoms with Gasteiger partial charge >= 0.3 is 0 Å². The van der Waals surface area contributed by atoms with E-state index in [9.17, 15) is 9.18 Å². The maximum atomic E-state index is 13.1. The smallest absolute Gasteiger partial charge is 0.231 e. The summed E-state index contributed by atoms with van der Waals surface area (Å²) >= 11 is 3.10. The van der Waals surface area contributed by atoms with Gasteiger partial charge in [0.15, 0.2) is 0 Å². The second-order valence-electron chi connectivity index (χ2n) is 4.77. The van der Waals surface area contributed by atoms with E-state index in [1.807, 2.05) is 0 Å². The molecule has 106 valence electrons. The van der Waals surface area contributed by atoms with Crippen LogP contribution in [0.15, 0.2) is 22.7 Å². The molecule has 3 nitrogen and oxygen atoms in total. The minimum atomic E-state index is -0.444. The van der Waals surface area contributed by atoms with Crippen LogP contribution in [0.5, 0.6) is 0 Å². The zero-order chi connectivity index (χ0) is 13.2. The fourth-order valence-electron chi connectivity index (χ4n) is 2.41. The summed E-state index contributed by atoms with van der Waals surface area (Å²) in [5.74, 6) is -0.400. The molecule has 1 fully saturated rings. The normalized spacial score (nSPS) is 16.8. The summed E-state index contributed by atoms with van der Waals surface area (Å²) in [6, 6.07) is 4.44. The van der Waals surface area contributed by atoms with Crippen LogP contribution in [-0.2, 0) is 4.79 Å². The summed E-state index contributed by atoms with van der Waals surface area (Å²) in [5.41, 5.74) is 5.89. The highest BCUT2D eigenvalue weighted by molar-refractivity contribution is 9.10. The van der Waals surface area contributed by atoms with Crippen LogP contribution < -0.4 is 11.1 Å². The Kier molecular flexibility index (Phi) is 5.77. The first-order chi connectivity index (χ1) is 8.57. The summed E-state index contributed by atoms with van der Waals surface area (Å²) in [5, 5.41) is 2.83. The molecule has 0 spiro atoms. The number of nitrogens with two attached hydrogens (primary N) is 1. The van der Waals surface area contributed by atoms with E-state index in [1.165, 1.54) is 6.07 Å². The van der Waals surface area contributed by atoms with E-state index in [0.717, 1.165) is 25.7 Å². The molecule has 0 atom stereocenters. The van der Waals surface area contributed by atoms with Crippen molar-refractivity contribution >= 4 is 39.9 Å². The zero-order valence-electron chi connectivity index (χ0n) is 10.4. The first-order valence-electron chi connectivity index (χ1n) is 6.04. The van der Waals surface area contributed by atoms with E-state index >= 15 is 0 Å². The van der Waals surface area contributed by atoms with E-state index in [-0.39, 0.29) is 24.1 Å². The number of benzene rings is 1. The summed E-state index contributed by atoms with van der Waals surface area (Å²) in [6.45, 7) is 0.362. The van der Waals surface area contributed by atoms with Crippen molar-refractivity contribution in [2.45, 2.75) is 25.7 Å². The van der Waals surface area contributed by atoms with E-state index in [1.54, 1.807) is 12.1 Å². The average Bonchev–Trinajstić information content (AvgIpc) is 2.84. The molecule has 1 aliphatic rings. The number of hydrogen-bond acceptors (Lipinski definition) is 2. The van der Waals surface area contributed by atoms with Crippen molar-refractivity contribution in [3.05, 3.63) is 28.5 Å². The molecule has 0 aromatic heterocycles. The Bertz CT molecular complexity index is 464. The molecule has 0 heterocycles. The van der Waals surface area contributed by atoms with Gasteiger partial charge in [-0.1, -0.05) is 12.8 Å². The molecular formula is C13H17BrClFN2O. The Hall–Kier alpha value is -0.650. The number of rotatable bonds is 3. The lowest BCUT2D eigenvalue weighted by Crippen LogP contribution is -2.40. The van der Waals surface area contributed by atoms with Crippen molar-refractivity contribution in [3.63, 3.8) is 0 Å². The van der Waals surface area contributed by atoms with Gasteiger partial charge in [-0.25, -0.2) is 4.39 Å². The van der Waals surface area contributed by atoms with Crippen molar-refractivity contribution in [3.8, 4) is 0 Å². The van der Waals surface area contributed by atoms with Crippen molar-refractivity contribution in [1.82, 2.24) is 0 Å². The summed E-state index contributed by atoms with van der Waals surface area (Å²) in [7, 11) is 0. The highest BCUT2D eigenvalue weighted by Gasteiger charge is 2.39. The molecule has 6 heteroatoms. The lowest BCUT2D eigenvalue weighted by molar-refractivity contribution is -0.124. The lowest BCUT2D eigenvalue weighted by Gasteiger charge is -2.25. The first kappa shape index (κ1) is 16.4. The van der Waals surface area contributed by atoms with E-state index in [2.05, 4.69) is 21.2 Å². The highest BCUT2D eigenvalue weighted by Crippen LogP contribution is 2.38. The maximum Gasteiger partial charge on any atom is 0.231 e. The van der Waals surface area contributed by atoms with Crippen LogP contribution in [-0.4, -0.2) is 12.5 Å². The van der Waals surface area contributed by atoms with Gasteiger partial charge in [0.1, 0.15) is 5.82 Å². The minimum absolute atomic E-state index is 0. The predicted octanol–water partition coefficient (Wildman–Crippen LogP) is 3.47. The van der Waals surface area contributed by atoms with Gasteiger partial charge < -0.3 is 11.1 Å². The molecule has 0 unspecified atom stereocenters. The summed E-state index contributed by atoms with van der Waals surface area (Å²) < 4.78 is 13.4. The third-order valence-electron chi connectivity index (χ3n) is 3.61. The van der Waals surface area contributed by atoms with Gasteiger partial charge in [0.05, 0.1) is 9.89 Å². The van der Waals surface area contributed by atoms with Crippen LogP contribution >= 0.6 is 28.3 Å². The molecule has 1 amide bonds. The predicted molar refractivity (Wildman–Crippen MR) is 79.9 cm³/mol. The molecule has 1 aromatic rings. The Morgan fingerprint density at radius 3 is 2.58 bits per heavy atom. The van der Waals surface area contributed by atoms with Crippen LogP contribution in [0.4, 0.5) is 10.1 Å². The quantitative estimate of drug-likeness (QED) is 0.876. The third kappa shape index (κ3) is 3.46. The maximum absolute atomic E-state index is 13.1. The standard InChI is InChI=1S/C13H16BrFN2O.ClH/c14-10-7-9(3-4-11(10)15)17-12(18)13(8-16)5-1-2-6-13;/h3-4,7H,1-2,5-6,8,16H2,(H,17,18);1H. The van der Waals surface area contributed by atoms with Crippen LogP contribution in [0, 0.1) is 11.2 Å². The van der Waals surface area contributed by atoms with Crippen molar-refractivity contribution in [1.29, 1.82) is 0 Å². The summed E-state index contributed by atoms with van der Waals surface area (Å²) in [6.07, 6.45) is 3.74. The molecule has 2 rings (SSSR count). The number of carbonyl (C=O) groups excluding carboxylic acids is 1. The Morgan fingerprint density at radius 2 is 2.05 bits per heavy atom. The van der Waals surface area contributed by atoms with Crippen LogP contribution in [0.1, 0.15) is 25.7 Å². The van der Waals surface area contributed by atoms with Crippen molar-refractivity contribution < 1.29 is 9.18 Å². The van der Waals surface area contributed by atoms with Gasteiger partial charge in [0.2, 0.25) is 5.91 Å².